The first-order valence-corrected chi connectivity index (χ1v) is 4.94. The average Bonchev–Trinajstić information content (AvgIpc) is 2.87. The monoisotopic (exact) mass is 230 g/mol. The quantitative estimate of drug-likeness (QED) is 0.639. The van der Waals surface area contributed by atoms with Crippen molar-refractivity contribution in [2.24, 2.45) is 0 Å². The Balaban J connectivity index is 2.27. The Morgan fingerprint density at radius 1 is 1.24 bits per heavy atom. The molecule has 2 rings (SSSR count). The van der Waals surface area contributed by atoms with Gasteiger partial charge in [0.15, 0.2) is 0 Å². The van der Waals surface area contributed by atoms with Crippen LogP contribution in [0.25, 0.3) is 0 Å². The van der Waals surface area contributed by atoms with Crippen LogP contribution in [-0.2, 0) is 4.74 Å². The molecule has 0 aliphatic rings. The number of ketones is 1. The van der Waals surface area contributed by atoms with E-state index >= 15 is 0 Å². The van der Waals surface area contributed by atoms with Crippen LogP contribution in [0, 0.1) is 0 Å². The van der Waals surface area contributed by atoms with E-state index in [1.54, 1.807) is 24.4 Å². The molecule has 2 aromatic heterocycles. The number of ether oxygens (including phenoxy) is 1. The first-order chi connectivity index (χ1) is 8.22. The summed E-state index contributed by atoms with van der Waals surface area (Å²) in [6.45, 7) is 0. The molecular formula is C12H10N2O3. The zero-order valence-electron chi connectivity index (χ0n) is 9.14. The first kappa shape index (κ1) is 11.1. The summed E-state index contributed by atoms with van der Waals surface area (Å²) < 4.78 is 4.54. The highest BCUT2D eigenvalue weighted by Gasteiger charge is 2.14. The van der Waals surface area contributed by atoms with Gasteiger partial charge in [0.05, 0.1) is 12.8 Å². The Morgan fingerprint density at radius 2 is 2.00 bits per heavy atom. The zero-order valence-corrected chi connectivity index (χ0v) is 9.14. The fourth-order valence-corrected chi connectivity index (χ4v) is 1.41. The molecule has 0 amide bonds. The second-order valence-electron chi connectivity index (χ2n) is 3.35. The normalized spacial score (nSPS) is 9.94. The molecule has 0 fully saturated rings. The summed E-state index contributed by atoms with van der Waals surface area (Å²) in [5, 5.41) is 0. The maximum atomic E-state index is 11.9. The van der Waals surface area contributed by atoms with Gasteiger partial charge in [0.2, 0.25) is 5.78 Å². The number of esters is 1. The van der Waals surface area contributed by atoms with E-state index in [1.807, 2.05) is 0 Å². The van der Waals surface area contributed by atoms with Crippen LogP contribution in [-0.4, -0.2) is 28.8 Å². The number of pyridine rings is 1. The number of hydrogen-bond donors (Lipinski definition) is 1. The van der Waals surface area contributed by atoms with Crippen molar-refractivity contribution in [3.05, 3.63) is 53.6 Å². The molecule has 0 aliphatic heterocycles. The highest BCUT2D eigenvalue weighted by Crippen LogP contribution is 2.09. The number of nitrogens with one attached hydrogen (secondary N) is 1. The van der Waals surface area contributed by atoms with Crippen molar-refractivity contribution in [1.82, 2.24) is 9.97 Å². The van der Waals surface area contributed by atoms with E-state index in [-0.39, 0.29) is 11.5 Å². The fraction of sp³-hybridized carbons (Fsp3) is 0.0833. The molecule has 0 aromatic carbocycles. The minimum Gasteiger partial charge on any atom is -0.464 e. The molecule has 2 heterocycles. The third-order valence-electron chi connectivity index (χ3n) is 2.26. The minimum atomic E-state index is -0.504. The van der Waals surface area contributed by atoms with Crippen molar-refractivity contribution in [2.45, 2.75) is 0 Å². The lowest BCUT2D eigenvalue weighted by atomic mass is 10.1. The Hall–Kier alpha value is -2.43. The number of carbonyl (C=O) groups is 2. The van der Waals surface area contributed by atoms with Crippen LogP contribution in [0.3, 0.4) is 0 Å². The molecule has 0 radical (unpaired) electrons. The van der Waals surface area contributed by atoms with Gasteiger partial charge in [0, 0.05) is 18.0 Å². The van der Waals surface area contributed by atoms with Gasteiger partial charge in [0.25, 0.3) is 0 Å². The standard InChI is InChI=1S/C12H10N2O3/c1-17-12(16)10-5-4-9(14-10)11(15)8-3-2-6-13-7-8/h2-7,14H,1H3. The maximum Gasteiger partial charge on any atom is 0.354 e. The van der Waals surface area contributed by atoms with Crippen molar-refractivity contribution in [3.8, 4) is 0 Å². The predicted molar refractivity (Wildman–Crippen MR) is 59.8 cm³/mol. The van der Waals surface area contributed by atoms with Crippen LogP contribution in [0.1, 0.15) is 26.5 Å². The van der Waals surface area contributed by atoms with Gasteiger partial charge in [-0.15, -0.1) is 0 Å². The van der Waals surface area contributed by atoms with Crippen LogP contribution >= 0.6 is 0 Å². The molecule has 0 atom stereocenters. The average molecular weight is 230 g/mol. The van der Waals surface area contributed by atoms with Crippen LogP contribution in [0.5, 0.6) is 0 Å². The number of hydrogen-bond acceptors (Lipinski definition) is 4. The van der Waals surface area contributed by atoms with E-state index in [9.17, 15) is 9.59 Å². The lowest BCUT2D eigenvalue weighted by Crippen LogP contribution is -2.05. The third-order valence-corrected chi connectivity index (χ3v) is 2.26. The molecule has 5 heteroatoms. The largest absolute Gasteiger partial charge is 0.464 e. The summed E-state index contributed by atoms with van der Waals surface area (Å²) in [4.78, 5) is 29.7. The van der Waals surface area contributed by atoms with Gasteiger partial charge in [-0.05, 0) is 24.3 Å². The van der Waals surface area contributed by atoms with E-state index in [2.05, 4.69) is 14.7 Å². The third kappa shape index (κ3) is 2.23. The Labute approximate surface area is 97.4 Å². The van der Waals surface area contributed by atoms with Crippen molar-refractivity contribution >= 4 is 11.8 Å². The molecule has 1 N–H and O–H groups in total. The van der Waals surface area contributed by atoms with Crippen LogP contribution < -0.4 is 0 Å². The van der Waals surface area contributed by atoms with E-state index in [1.165, 1.54) is 19.4 Å². The number of aromatic nitrogens is 2. The molecule has 2 aromatic rings. The Bertz CT molecular complexity index is 546. The molecule has 0 unspecified atom stereocenters. The van der Waals surface area contributed by atoms with E-state index in [0.29, 0.717) is 11.3 Å². The maximum absolute atomic E-state index is 11.9. The van der Waals surface area contributed by atoms with Gasteiger partial charge in [-0.1, -0.05) is 0 Å². The molecule has 17 heavy (non-hydrogen) atoms. The van der Waals surface area contributed by atoms with Crippen molar-refractivity contribution < 1.29 is 14.3 Å². The fourth-order valence-electron chi connectivity index (χ4n) is 1.41. The summed E-state index contributed by atoms with van der Waals surface area (Å²) in [6.07, 6.45) is 3.06. The molecular weight excluding hydrogens is 220 g/mol. The highest BCUT2D eigenvalue weighted by atomic mass is 16.5. The lowest BCUT2D eigenvalue weighted by Gasteiger charge is -1.97. The number of H-pyrrole nitrogens is 1. The van der Waals surface area contributed by atoms with Crippen molar-refractivity contribution in [3.63, 3.8) is 0 Å². The topological polar surface area (TPSA) is 72.1 Å². The second kappa shape index (κ2) is 4.61. The van der Waals surface area contributed by atoms with Gasteiger partial charge >= 0.3 is 5.97 Å². The summed E-state index contributed by atoms with van der Waals surface area (Å²) >= 11 is 0. The van der Waals surface area contributed by atoms with Crippen LogP contribution in [0.15, 0.2) is 36.7 Å². The number of methoxy groups -OCH3 is 1. The Morgan fingerprint density at radius 3 is 2.65 bits per heavy atom. The van der Waals surface area contributed by atoms with Crippen LogP contribution in [0.2, 0.25) is 0 Å². The minimum absolute atomic E-state index is 0.215. The van der Waals surface area contributed by atoms with Gasteiger partial charge in [-0.3, -0.25) is 9.78 Å². The van der Waals surface area contributed by atoms with Crippen LogP contribution in [0.4, 0.5) is 0 Å². The summed E-state index contributed by atoms with van der Waals surface area (Å²) in [5.74, 6) is -0.719. The first-order valence-electron chi connectivity index (χ1n) is 4.94. The van der Waals surface area contributed by atoms with E-state index in [4.69, 9.17) is 0 Å². The highest BCUT2D eigenvalue weighted by molar-refractivity contribution is 6.08. The number of carbonyl (C=O) groups excluding carboxylic acids is 2. The number of nitrogens with zero attached hydrogens (tertiary/aromatic N) is 1. The van der Waals surface area contributed by atoms with E-state index < -0.39 is 5.97 Å². The molecule has 0 saturated heterocycles. The SMILES string of the molecule is COC(=O)c1ccc(C(=O)c2cccnc2)[nH]1. The number of rotatable bonds is 3. The number of aromatic amines is 1. The molecule has 0 spiro atoms. The summed E-state index contributed by atoms with van der Waals surface area (Å²) in [5.41, 5.74) is 1.05. The predicted octanol–water partition coefficient (Wildman–Crippen LogP) is 1.43. The van der Waals surface area contributed by atoms with Gasteiger partial charge in [-0.25, -0.2) is 4.79 Å². The second-order valence-corrected chi connectivity index (χ2v) is 3.35. The van der Waals surface area contributed by atoms with Crippen molar-refractivity contribution in [2.75, 3.05) is 7.11 Å². The smallest absolute Gasteiger partial charge is 0.354 e. The zero-order chi connectivity index (χ0) is 12.3. The molecule has 5 nitrogen and oxygen atoms in total. The summed E-state index contributed by atoms with van der Waals surface area (Å²) in [6, 6.07) is 6.39. The van der Waals surface area contributed by atoms with Gasteiger partial charge in [-0.2, -0.15) is 0 Å². The lowest BCUT2D eigenvalue weighted by molar-refractivity contribution is 0.0595. The summed E-state index contributed by atoms with van der Waals surface area (Å²) in [7, 11) is 1.28. The molecule has 0 bridgehead atoms. The van der Waals surface area contributed by atoms with Crippen molar-refractivity contribution in [1.29, 1.82) is 0 Å². The molecule has 0 saturated carbocycles. The van der Waals surface area contributed by atoms with Gasteiger partial charge in [0.1, 0.15) is 5.69 Å². The van der Waals surface area contributed by atoms with Gasteiger partial charge < -0.3 is 9.72 Å². The van der Waals surface area contributed by atoms with E-state index in [0.717, 1.165) is 0 Å². The Kier molecular flexibility index (Phi) is 3.00. The molecule has 86 valence electrons. The molecule has 0 aliphatic carbocycles.